The van der Waals surface area contributed by atoms with Crippen LogP contribution in [0.5, 0.6) is 0 Å². The largest absolute Gasteiger partial charge is 0.459 e. The van der Waals surface area contributed by atoms with Crippen LogP contribution in [0.4, 0.5) is 5.00 Å². The molecule has 1 fully saturated rings. The Kier molecular flexibility index (Phi) is 6.10. The number of anilines is 1. The van der Waals surface area contributed by atoms with Crippen LogP contribution in [0, 0.1) is 0 Å². The van der Waals surface area contributed by atoms with E-state index in [1.807, 2.05) is 11.0 Å². The minimum Gasteiger partial charge on any atom is -0.459 e. The first kappa shape index (κ1) is 21.0. The van der Waals surface area contributed by atoms with Crippen molar-refractivity contribution in [1.82, 2.24) is 4.90 Å². The van der Waals surface area contributed by atoms with Crippen LogP contribution in [-0.2, 0) is 19.4 Å². The van der Waals surface area contributed by atoms with Gasteiger partial charge in [-0.25, -0.2) is 0 Å². The first-order valence-corrected chi connectivity index (χ1v) is 12.2. The Morgan fingerprint density at radius 3 is 2.56 bits per heavy atom. The smallest absolute Gasteiger partial charge is 0.291 e. The topological polar surface area (TPSA) is 67.0 Å². The van der Waals surface area contributed by atoms with Crippen molar-refractivity contribution in [1.29, 1.82) is 0 Å². The summed E-state index contributed by atoms with van der Waals surface area (Å²) in [5, 5.41) is 3.63. The monoisotopic (exact) mass is 450 g/mol. The van der Waals surface area contributed by atoms with Crippen molar-refractivity contribution >= 4 is 28.2 Å². The Labute approximate surface area is 191 Å². The Hall–Kier alpha value is -2.90. The lowest BCUT2D eigenvalue weighted by atomic mass is 9.95. The number of furan rings is 1. The van der Waals surface area contributed by atoms with Crippen molar-refractivity contribution < 1.29 is 18.9 Å². The minimum atomic E-state index is -0.306. The Morgan fingerprint density at radius 2 is 1.81 bits per heavy atom. The number of nitrogens with one attached hydrogen (secondary N) is 2. The van der Waals surface area contributed by atoms with E-state index >= 15 is 0 Å². The molecule has 7 heteroatoms. The van der Waals surface area contributed by atoms with E-state index in [1.54, 1.807) is 23.5 Å². The molecule has 1 saturated heterocycles. The number of piperazine rings is 1. The van der Waals surface area contributed by atoms with Crippen LogP contribution in [0.25, 0.3) is 0 Å². The second-order valence-corrected chi connectivity index (χ2v) is 9.66. The van der Waals surface area contributed by atoms with Gasteiger partial charge in [0.2, 0.25) is 0 Å². The number of hydrogen-bond acceptors (Lipinski definition) is 4. The van der Waals surface area contributed by atoms with Crippen molar-refractivity contribution in [3.8, 4) is 0 Å². The van der Waals surface area contributed by atoms with Crippen molar-refractivity contribution in [2.24, 2.45) is 0 Å². The van der Waals surface area contributed by atoms with Crippen LogP contribution < -0.4 is 10.2 Å². The maximum Gasteiger partial charge on any atom is 0.291 e. The van der Waals surface area contributed by atoms with Gasteiger partial charge < -0.3 is 19.5 Å². The van der Waals surface area contributed by atoms with Gasteiger partial charge in [0.05, 0.1) is 38.0 Å². The Bertz CT molecular complexity index is 1080. The lowest BCUT2D eigenvalue weighted by Crippen LogP contribution is -3.13. The SMILES string of the molecule is O=C(Nc1sc2c(c1C(=O)N1CC[NH+](Cc3ccccc3)CC1)CCCC2)c1ccco1. The van der Waals surface area contributed by atoms with Crippen LogP contribution in [0.1, 0.15) is 49.8 Å². The number of carbonyl (C=O) groups excluding carboxylic acids is 2. The molecule has 3 aromatic rings. The molecule has 0 radical (unpaired) electrons. The number of aryl methyl sites for hydroxylation is 1. The van der Waals surface area contributed by atoms with E-state index in [2.05, 4.69) is 29.6 Å². The number of fused-ring (bicyclic) bond motifs is 1. The molecule has 2 aromatic heterocycles. The fourth-order valence-corrected chi connectivity index (χ4v) is 5.97. The predicted molar refractivity (Wildman–Crippen MR) is 124 cm³/mol. The van der Waals surface area contributed by atoms with Crippen molar-refractivity contribution in [2.45, 2.75) is 32.2 Å². The average Bonchev–Trinajstić information content (AvgIpc) is 3.48. The molecule has 0 spiro atoms. The maximum atomic E-state index is 13.6. The summed E-state index contributed by atoms with van der Waals surface area (Å²) in [5.41, 5.74) is 3.17. The van der Waals surface area contributed by atoms with Gasteiger partial charge >= 0.3 is 0 Å². The summed E-state index contributed by atoms with van der Waals surface area (Å²) in [4.78, 5) is 31.0. The normalized spacial score (nSPS) is 16.6. The highest BCUT2D eigenvalue weighted by Gasteiger charge is 2.32. The average molecular weight is 451 g/mol. The summed E-state index contributed by atoms with van der Waals surface area (Å²) in [6, 6.07) is 13.8. The zero-order chi connectivity index (χ0) is 21.9. The number of hydrogen-bond donors (Lipinski definition) is 2. The van der Waals surface area contributed by atoms with Crippen LogP contribution in [0.15, 0.2) is 53.1 Å². The Morgan fingerprint density at radius 1 is 1.03 bits per heavy atom. The molecule has 32 heavy (non-hydrogen) atoms. The predicted octanol–water partition coefficient (Wildman–Crippen LogP) is 3.01. The van der Waals surface area contributed by atoms with Crippen molar-refractivity contribution in [3.05, 3.63) is 76.1 Å². The molecule has 6 nitrogen and oxygen atoms in total. The number of thiophene rings is 1. The van der Waals surface area contributed by atoms with Gasteiger partial charge in [-0.3, -0.25) is 9.59 Å². The maximum absolute atomic E-state index is 13.6. The highest BCUT2D eigenvalue weighted by atomic mass is 32.1. The number of benzene rings is 1. The zero-order valence-electron chi connectivity index (χ0n) is 18.1. The van der Waals surface area contributed by atoms with E-state index in [9.17, 15) is 9.59 Å². The summed E-state index contributed by atoms with van der Waals surface area (Å²) in [7, 11) is 0. The van der Waals surface area contributed by atoms with Gasteiger partial charge in [-0.1, -0.05) is 30.3 Å². The molecule has 0 atom stereocenters. The molecular weight excluding hydrogens is 422 g/mol. The number of amides is 2. The molecule has 2 aliphatic rings. The number of nitrogens with zero attached hydrogens (tertiary/aromatic N) is 1. The summed E-state index contributed by atoms with van der Waals surface area (Å²) in [6.07, 6.45) is 5.59. The van der Waals surface area contributed by atoms with E-state index in [4.69, 9.17) is 4.42 Å². The van der Waals surface area contributed by atoms with Gasteiger partial charge in [0, 0.05) is 10.4 Å². The molecule has 1 aliphatic carbocycles. The third-order valence-corrected chi connectivity index (χ3v) is 7.62. The molecule has 2 N–H and O–H groups in total. The lowest BCUT2D eigenvalue weighted by Gasteiger charge is -2.32. The van der Waals surface area contributed by atoms with E-state index in [0.29, 0.717) is 10.6 Å². The minimum absolute atomic E-state index is 0.0536. The first-order chi connectivity index (χ1) is 15.7. The van der Waals surface area contributed by atoms with Crippen molar-refractivity contribution in [2.75, 3.05) is 31.5 Å². The third kappa shape index (κ3) is 4.36. The van der Waals surface area contributed by atoms with Crippen LogP contribution in [0.2, 0.25) is 0 Å². The fraction of sp³-hybridized carbons (Fsp3) is 0.360. The highest BCUT2D eigenvalue weighted by Crippen LogP contribution is 2.39. The zero-order valence-corrected chi connectivity index (χ0v) is 18.9. The second-order valence-electron chi connectivity index (χ2n) is 8.55. The van der Waals surface area contributed by atoms with Gasteiger partial charge in [-0.15, -0.1) is 11.3 Å². The van der Waals surface area contributed by atoms with E-state index < -0.39 is 0 Å². The van der Waals surface area contributed by atoms with E-state index in [1.165, 1.54) is 21.6 Å². The van der Waals surface area contributed by atoms with Gasteiger partial charge in [0.15, 0.2) is 5.76 Å². The molecular formula is C25H28N3O3S+. The summed E-state index contributed by atoms with van der Waals surface area (Å²) in [5.74, 6) is 0.00516. The van der Waals surface area contributed by atoms with Crippen LogP contribution >= 0.6 is 11.3 Å². The molecule has 0 unspecified atom stereocenters. The number of quaternary nitrogens is 1. The molecule has 3 heterocycles. The molecule has 1 aromatic carbocycles. The molecule has 166 valence electrons. The summed E-state index contributed by atoms with van der Waals surface area (Å²) >= 11 is 1.56. The molecule has 5 rings (SSSR count). The quantitative estimate of drug-likeness (QED) is 0.628. The first-order valence-electron chi connectivity index (χ1n) is 11.3. The summed E-state index contributed by atoms with van der Waals surface area (Å²) < 4.78 is 5.24. The van der Waals surface area contributed by atoms with Crippen LogP contribution in [-0.4, -0.2) is 42.9 Å². The van der Waals surface area contributed by atoms with E-state index in [0.717, 1.165) is 64.0 Å². The molecule has 2 amide bonds. The fourth-order valence-electron chi connectivity index (χ4n) is 4.70. The molecule has 0 saturated carbocycles. The van der Waals surface area contributed by atoms with Gasteiger partial charge in [0.1, 0.15) is 11.5 Å². The Balaban J connectivity index is 1.32. The molecule has 0 bridgehead atoms. The van der Waals surface area contributed by atoms with E-state index in [-0.39, 0.29) is 17.6 Å². The highest BCUT2D eigenvalue weighted by molar-refractivity contribution is 7.17. The summed E-state index contributed by atoms with van der Waals surface area (Å²) in [6.45, 7) is 4.32. The van der Waals surface area contributed by atoms with Gasteiger partial charge in [-0.2, -0.15) is 0 Å². The van der Waals surface area contributed by atoms with Gasteiger partial charge in [-0.05, 0) is 43.4 Å². The standard InChI is InChI=1S/C25H27N3O3S/c29-23(20-10-6-16-31-20)26-24-22(19-9-4-5-11-21(19)32-24)25(30)28-14-12-27(13-15-28)17-18-7-2-1-3-8-18/h1-3,6-8,10,16H,4-5,9,11-15,17H2,(H,26,29)/p+1. The third-order valence-electron chi connectivity index (χ3n) is 6.41. The second kappa shape index (κ2) is 9.30. The van der Waals surface area contributed by atoms with Crippen LogP contribution in [0.3, 0.4) is 0 Å². The number of carbonyl (C=O) groups is 2. The molecule has 1 aliphatic heterocycles. The number of rotatable bonds is 5. The van der Waals surface area contributed by atoms with Gasteiger partial charge in [0.25, 0.3) is 11.8 Å². The lowest BCUT2D eigenvalue weighted by molar-refractivity contribution is -0.917. The van der Waals surface area contributed by atoms with Crippen molar-refractivity contribution in [3.63, 3.8) is 0 Å².